The first-order chi connectivity index (χ1) is 15.0. The first-order valence-electron chi connectivity index (χ1n) is 10.2. The van der Waals surface area contributed by atoms with Crippen LogP contribution in [0.2, 0.25) is 0 Å². The number of carbonyl (C=O) groups excluding carboxylic acids is 1. The molecule has 8 nitrogen and oxygen atoms in total. The molecule has 170 valence electrons. The number of rotatable bonds is 7. The van der Waals surface area contributed by atoms with Crippen LogP contribution in [0.4, 0.5) is 10.5 Å². The normalized spacial score (nSPS) is 20.4. The molecule has 1 aliphatic heterocycles. The summed E-state index contributed by atoms with van der Waals surface area (Å²) in [5.74, 6) is 0.281. The number of nitrogens with one attached hydrogen (secondary N) is 3. The lowest BCUT2D eigenvalue weighted by Crippen LogP contribution is -2.38. The zero-order valence-electron chi connectivity index (χ0n) is 18.5. The lowest BCUT2D eigenvalue weighted by Gasteiger charge is -2.27. The van der Waals surface area contributed by atoms with E-state index in [1.54, 1.807) is 37.3 Å². The first kappa shape index (κ1) is 23.3. The average molecular weight is 456 g/mol. The summed E-state index contributed by atoms with van der Waals surface area (Å²) in [6, 6.07) is 6.77. The van der Waals surface area contributed by atoms with Crippen molar-refractivity contribution in [1.82, 2.24) is 10.6 Å². The summed E-state index contributed by atoms with van der Waals surface area (Å²) in [7, 11) is -3.27. The van der Waals surface area contributed by atoms with Gasteiger partial charge in [-0.05, 0) is 50.5 Å². The fraction of sp³-hybridized carbons (Fsp3) is 0.304. The number of benzene rings is 1. The highest BCUT2D eigenvalue weighted by Gasteiger charge is 2.56. The molecule has 9 heteroatoms. The molecule has 0 saturated heterocycles. The van der Waals surface area contributed by atoms with Crippen molar-refractivity contribution in [2.24, 2.45) is 10.7 Å². The third-order valence-electron chi connectivity index (χ3n) is 5.48. The zero-order chi connectivity index (χ0) is 23.5. The Morgan fingerprint density at radius 1 is 1.25 bits per heavy atom. The van der Waals surface area contributed by atoms with Gasteiger partial charge in [0.05, 0.1) is 0 Å². The molecule has 1 unspecified atom stereocenters. The molecule has 1 fully saturated rings. The smallest absolute Gasteiger partial charge is 0.323 e. The van der Waals surface area contributed by atoms with Crippen LogP contribution >= 0.6 is 0 Å². The summed E-state index contributed by atoms with van der Waals surface area (Å²) in [6.45, 7) is 7.39. The summed E-state index contributed by atoms with van der Waals surface area (Å²) in [5, 5.41) is 8.74. The summed E-state index contributed by atoms with van der Waals surface area (Å²) in [4.78, 5) is 16.6. The number of nitrogens with two attached hydrogens (primary N) is 1. The van der Waals surface area contributed by atoms with Gasteiger partial charge in [-0.2, -0.15) is 0 Å². The monoisotopic (exact) mass is 455 g/mol. The summed E-state index contributed by atoms with van der Waals surface area (Å²) >= 11 is 0. The van der Waals surface area contributed by atoms with E-state index in [9.17, 15) is 13.2 Å². The van der Waals surface area contributed by atoms with E-state index in [4.69, 9.17) is 5.73 Å². The second-order valence-electron chi connectivity index (χ2n) is 8.09. The van der Waals surface area contributed by atoms with Crippen molar-refractivity contribution in [2.75, 3.05) is 11.6 Å². The van der Waals surface area contributed by atoms with Crippen LogP contribution in [0, 0.1) is 0 Å². The molecule has 0 spiro atoms. The molecule has 5 N–H and O–H groups in total. The average Bonchev–Trinajstić information content (AvgIpc) is 3.54. The van der Waals surface area contributed by atoms with Crippen LogP contribution in [0.15, 0.2) is 77.1 Å². The van der Waals surface area contributed by atoms with Crippen LogP contribution in [0.25, 0.3) is 0 Å². The van der Waals surface area contributed by atoms with Crippen LogP contribution in [-0.4, -0.2) is 31.3 Å². The van der Waals surface area contributed by atoms with Crippen LogP contribution in [0.5, 0.6) is 0 Å². The van der Waals surface area contributed by atoms with E-state index in [0.29, 0.717) is 29.9 Å². The van der Waals surface area contributed by atoms with E-state index in [1.807, 2.05) is 25.1 Å². The minimum Gasteiger partial charge on any atom is -0.384 e. The number of carbonyl (C=O) groups is 1. The number of anilines is 1. The number of sulfone groups is 1. The topological polar surface area (TPSA) is 126 Å². The van der Waals surface area contributed by atoms with Gasteiger partial charge in [0.15, 0.2) is 9.84 Å². The lowest BCUT2D eigenvalue weighted by atomic mass is 10.1. The van der Waals surface area contributed by atoms with E-state index >= 15 is 0 Å². The van der Waals surface area contributed by atoms with Crippen molar-refractivity contribution in [3.8, 4) is 0 Å². The van der Waals surface area contributed by atoms with Gasteiger partial charge in [0.2, 0.25) is 0 Å². The highest BCUT2D eigenvalue weighted by atomic mass is 32.2. The molecule has 1 atom stereocenters. The van der Waals surface area contributed by atoms with Crippen molar-refractivity contribution in [3.63, 3.8) is 0 Å². The number of amidine groups is 1. The molecule has 1 saturated carbocycles. The minimum absolute atomic E-state index is 0.281. The third kappa shape index (κ3) is 5.28. The largest absolute Gasteiger partial charge is 0.384 e. The SMILES string of the molecule is C=C/C(C)=C\C=C(/C)NC(=O)Nc1ccc(C2N=C(N)C=C(C3(S(C)(=O)=O)CC3)N2)cc1. The highest BCUT2D eigenvalue weighted by Crippen LogP contribution is 2.49. The predicted molar refractivity (Wildman–Crippen MR) is 129 cm³/mol. The molecule has 1 aliphatic carbocycles. The molecule has 32 heavy (non-hydrogen) atoms. The third-order valence-corrected chi connectivity index (χ3v) is 7.53. The number of aliphatic imine (C=N–C) groups is 1. The van der Waals surface area contributed by atoms with Crippen molar-refractivity contribution in [2.45, 2.75) is 37.6 Å². The molecule has 0 aromatic heterocycles. The van der Waals surface area contributed by atoms with Crippen molar-refractivity contribution < 1.29 is 13.2 Å². The van der Waals surface area contributed by atoms with Gasteiger partial charge in [0.25, 0.3) is 0 Å². The summed E-state index contributed by atoms with van der Waals surface area (Å²) in [6.07, 6.45) is 8.88. The molecule has 3 rings (SSSR count). The highest BCUT2D eigenvalue weighted by molar-refractivity contribution is 7.92. The number of urea groups is 1. The molecule has 2 aliphatic rings. The Balaban J connectivity index is 1.65. The Morgan fingerprint density at radius 3 is 2.47 bits per heavy atom. The summed E-state index contributed by atoms with van der Waals surface area (Å²) < 4.78 is 23.6. The van der Waals surface area contributed by atoms with Crippen molar-refractivity contribution >= 4 is 27.4 Å². The van der Waals surface area contributed by atoms with Crippen LogP contribution in [0.1, 0.15) is 38.4 Å². The van der Waals surface area contributed by atoms with Crippen LogP contribution in [-0.2, 0) is 9.84 Å². The maximum atomic E-state index is 12.3. The predicted octanol–water partition coefficient (Wildman–Crippen LogP) is 3.26. The van der Waals surface area contributed by atoms with Crippen molar-refractivity contribution in [3.05, 3.63) is 77.7 Å². The second-order valence-corrected chi connectivity index (χ2v) is 10.4. The fourth-order valence-electron chi connectivity index (χ4n) is 3.39. The second kappa shape index (κ2) is 9.04. The quantitative estimate of drug-likeness (QED) is 0.470. The molecule has 1 heterocycles. The van der Waals surface area contributed by atoms with Gasteiger partial charge >= 0.3 is 6.03 Å². The molecular weight excluding hydrogens is 426 g/mol. The van der Waals surface area contributed by atoms with Gasteiger partial charge in [0, 0.05) is 29.4 Å². The number of hydrogen-bond acceptors (Lipinski definition) is 6. The van der Waals surface area contributed by atoms with Gasteiger partial charge in [-0.1, -0.05) is 36.4 Å². The minimum atomic E-state index is -3.27. The zero-order valence-corrected chi connectivity index (χ0v) is 19.3. The Hall–Kier alpha value is -3.33. The number of amides is 2. The molecule has 0 radical (unpaired) electrons. The van der Waals surface area contributed by atoms with Gasteiger partial charge in [-0.15, -0.1) is 0 Å². The Morgan fingerprint density at radius 2 is 1.91 bits per heavy atom. The van der Waals surface area contributed by atoms with Gasteiger partial charge in [-0.3, -0.25) is 0 Å². The number of nitrogens with zero attached hydrogens (tertiary/aromatic N) is 1. The first-order valence-corrected chi connectivity index (χ1v) is 12.1. The Kier molecular flexibility index (Phi) is 6.59. The fourth-order valence-corrected chi connectivity index (χ4v) is 4.75. The van der Waals surface area contributed by atoms with E-state index in [2.05, 4.69) is 27.5 Å². The maximum absolute atomic E-state index is 12.3. The molecule has 0 bridgehead atoms. The molecule has 1 aromatic rings. The van der Waals surface area contributed by atoms with E-state index in [-0.39, 0.29) is 11.9 Å². The Bertz CT molecular complexity index is 1140. The molecular formula is C23H29N5O3S. The molecule has 2 amide bonds. The maximum Gasteiger partial charge on any atom is 0.323 e. The van der Waals surface area contributed by atoms with E-state index < -0.39 is 20.8 Å². The standard InChI is InChI=1S/C23H29N5O3S/c1-5-15(2)6-7-16(3)25-22(29)26-18-10-8-17(9-11-18)21-27-19(14-20(24)28-21)23(12-13-23)32(4,30)31/h5-11,14,21,27H,1,12-13H2,2-4H3,(H2,24,28)(H2,25,26,29)/b15-6-,16-7+. The lowest BCUT2D eigenvalue weighted by molar-refractivity contribution is 0.254. The molecule has 1 aromatic carbocycles. The van der Waals surface area contributed by atoms with E-state index in [1.165, 1.54) is 6.26 Å². The van der Waals surface area contributed by atoms with Crippen molar-refractivity contribution in [1.29, 1.82) is 0 Å². The van der Waals surface area contributed by atoms with Crippen LogP contribution in [0.3, 0.4) is 0 Å². The Labute approximate surface area is 189 Å². The van der Waals surface area contributed by atoms with Gasteiger partial charge in [-0.25, -0.2) is 18.2 Å². The van der Waals surface area contributed by atoms with Gasteiger partial charge < -0.3 is 21.7 Å². The summed E-state index contributed by atoms with van der Waals surface area (Å²) in [5.41, 5.74) is 9.65. The van der Waals surface area contributed by atoms with Gasteiger partial charge in [0.1, 0.15) is 16.7 Å². The van der Waals surface area contributed by atoms with Crippen LogP contribution < -0.4 is 21.7 Å². The number of hydrogen-bond donors (Lipinski definition) is 4. The number of allylic oxidation sites excluding steroid dienone is 5. The van der Waals surface area contributed by atoms with E-state index in [0.717, 1.165) is 11.1 Å².